The van der Waals surface area contributed by atoms with E-state index in [1.165, 1.54) is 0 Å². The highest BCUT2D eigenvalue weighted by molar-refractivity contribution is 6.31. The molecule has 122 valence electrons. The fourth-order valence-electron chi connectivity index (χ4n) is 2.28. The molecular formula is C18H22ClN3O. The average molecular weight is 332 g/mol. The van der Waals surface area contributed by atoms with Gasteiger partial charge >= 0.3 is 0 Å². The van der Waals surface area contributed by atoms with Crippen LogP contribution in [0.3, 0.4) is 0 Å². The van der Waals surface area contributed by atoms with E-state index in [1.807, 2.05) is 37.3 Å². The second-order valence-corrected chi connectivity index (χ2v) is 5.86. The molecule has 1 heterocycles. The molecule has 2 N–H and O–H groups in total. The third-order valence-corrected chi connectivity index (χ3v) is 3.92. The van der Waals surface area contributed by atoms with Crippen LogP contribution < -0.4 is 10.6 Å². The Morgan fingerprint density at radius 3 is 2.91 bits per heavy atom. The first-order valence-corrected chi connectivity index (χ1v) is 8.19. The lowest BCUT2D eigenvalue weighted by Crippen LogP contribution is -2.24. The molecule has 0 aliphatic rings. The van der Waals surface area contributed by atoms with Gasteiger partial charge in [-0.15, -0.1) is 0 Å². The fraction of sp³-hybridized carbons (Fsp3) is 0.333. The molecule has 0 aliphatic carbocycles. The molecule has 1 atom stereocenters. The van der Waals surface area contributed by atoms with Gasteiger partial charge in [-0.25, -0.2) is 0 Å². The van der Waals surface area contributed by atoms with Crippen molar-refractivity contribution < 1.29 is 4.79 Å². The first kappa shape index (κ1) is 17.4. The molecule has 4 nitrogen and oxygen atoms in total. The Morgan fingerprint density at radius 1 is 1.35 bits per heavy atom. The predicted molar refractivity (Wildman–Crippen MR) is 93.6 cm³/mol. The van der Waals surface area contributed by atoms with E-state index in [0.29, 0.717) is 23.7 Å². The quantitative estimate of drug-likeness (QED) is 0.813. The number of hydrogen-bond acceptors (Lipinski definition) is 3. The molecule has 2 rings (SSSR count). The van der Waals surface area contributed by atoms with Crippen molar-refractivity contribution >= 4 is 17.5 Å². The van der Waals surface area contributed by atoms with Crippen LogP contribution in [0, 0.1) is 0 Å². The number of carbonyl (C=O) groups is 1. The summed E-state index contributed by atoms with van der Waals surface area (Å²) < 4.78 is 0. The van der Waals surface area contributed by atoms with E-state index in [1.54, 1.807) is 12.4 Å². The van der Waals surface area contributed by atoms with Crippen molar-refractivity contribution in [2.75, 3.05) is 6.54 Å². The summed E-state index contributed by atoms with van der Waals surface area (Å²) in [5.41, 5.74) is 2.76. The summed E-state index contributed by atoms with van der Waals surface area (Å²) in [6.07, 6.45) is 4.31. The zero-order valence-corrected chi connectivity index (χ0v) is 14.2. The van der Waals surface area contributed by atoms with Crippen LogP contribution in [0.25, 0.3) is 0 Å². The number of aromatic nitrogens is 1. The molecule has 0 bridgehead atoms. The van der Waals surface area contributed by atoms with E-state index in [2.05, 4.69) is 22.5 Å². The van der Waals surface area contributed by atoms with Gasteiger partial charge in [0.15, 0.2) is 0 Å². The predicted octanol–water partition coefficient (Wildman–Crippen LogP) is 3.73. The Kier molecular flexibility index (Phi) is 6.56. The van der Waals surface area contributed by atoms with Gasteiger partial charge in [-0.1, -0.05) is 30.7 Å². The number of hydrogen-bond donors (Lipinski definition) is 2. The highest BCUT2D eigenvalue weighted by atomic mass is 35.5. The van der Waals surface area contributed by atoms with Gasteiger partial charge in [0.1, 0.15) is 0 Å². The smallest absolute Gasteiger partial charge is 0.251 e. The Hall–Kier alpha value is -1.91. The topological polar surface area (TPSA) is 54.0 Å². The standard InChI is InChI=1S/C18H22ClN3O/c1-3-8-21-18(23)15-6-4-5-14(10-15)11-22-13(2)16-7-9-20-12-17(16)19/h4-7,9-10,12-13,22H,3,8,11H2,1-2H3,(H,21,23). The largest absolute Gasteiger partial charge is 0.352 e. The van der Waals surface area contributed by atoms with Gasteiger partial charge in [0.2, 0.25) is 0 Å². The molecule has 1 unspecified atom stereocenters. The SMILES string of the molecule is CCCNC(=O)c1cccc(CNC(C)c2ccncc2Cl)c1. The third-order valence-electron chi connectivity index (χ3n) is 3.61. The Morgan fingerprint density at radius 2 is 2.17 bits per heavy atom. The van der Waals surface area contributed by atoms with Crippen LogP contribution in [0.15, 0.2) is 42.7 Å². The average Bonchev–Trinajstić information content (AvgIpc) is 2.58. The van der Waals surface area contributed by atoms with Crippen LogP contribution in [-0.2, 0) is 6.54 Å². The number of halogens is 1. The number of carbonyl (C=O) groups excluding carboxylic acids is 1. The van der Waals surface area contributed by atoms with Gasteiger partial charge in [0.25, 0.3) is 5.91 Å². The molecule has 2 aromatic rings. The van der Waals surface area contributed by atoms with Crippen molar-refractivity contribution in [2.45, 2.75) is 32.9 Å². The molecular weight excluding hydrogens is 310 g/mol. The van der Waals surface area contributed by atoms with Crippen LogP contribution in [0.5, 0.6) is 0 Å². The molecule has 0 aliphatic heterocycles. The summed E-state index contributed by atoms with van der Waals surface area (Å²) in [4.78, 5) is 16.0. The first-order chi connectivity index (χ1) is 11.1. The summed E-state index contributed by atoms with van der Waals surface area (Å²) >= 11 is 6.16. The molecule has 0 spiro atoms. The van der Waals surface area contributed by atoms with E-state index in [4.69, 9.17) is 11.6 Å². The van der Waals surface area contributed by atoms with E-state index in [0.717, 1.165) is 17.5 Å². The van der Waals surface area contributed by atoms with E-state index in [9.17, 15) is 4.79 Å². The summed E-state index contributed by atoms with van der Waals surface area (Å²) in [5, 5.41) is 6.96. The van der Waals surface area contributed by atoms with Crippen molar-refractivity contribution in [3.05, 3.63) is 64.4 Å². The third kappa shape index (κ3) is 5.05. The lowest BCUT2D eigenvalue weighted by Gasteiger charge is -2.15. The van der Waals surface area contributed by atoms with E-state index < -0.39 is 0 Å². The van der Waals surface area contributed by atoms with Gasteiger partial charge in [0, 0.05) is 37.1 Å². The zero-order chi connectivity index (χ0) is 16.7. The summed E-state index contributed by atoms with van der Waals surface area (Å²) in [7, 11) is 0. The molecule has 0 saturated heterocycles. The normalized spacial score (nSPS) is 12.0. The monoisotopic (exact) mass is 331 g/mol. The van der Waals surface area contributed by atoms with Crippen LogP contribution in [0.4, 0.5) is 0 Å². The highest BCUT2D eigenvalue weighted by Crippen LogP contribution is 2.21. The molecule has 0 fully saturated rings. The van der Waals surface area contributed by atoms with Crippen LogP contribution in [0.2, 0.25) is 5.02 Å². The van der Waals surface area contributed by atoms with Crippen molar-refractivity contribution in [3.63, 3.8) is 0 Å². The van der Waals surface area contributed by atoms with Gasteiger partial charge < -0.3 is 10.6 Å². The fourth-order valence-corrected chi connectivity index (χ4v) is 2.56. The van der Waals surface area contributed by atoms with Gasteiger partial charge in [0.05, 0.1) is 5.02 Å². The van der Waals surface area contributed by atoms with Crippen LogP contribution >= 0.6 is 11.6 Å². The first-order valence-electron chi connectivity index (χ1n) is 7.81. The maximum Gasteiger partial charge on any atom is 0.251 e. The molecule has 0 radical (unpaired) electrons. The van der Waals surface area contributed by atoms with Crippen molar-refractivity contribution in [1.29, 1.82) is 0 Å². The van der Waals surface area contributed by atoms with Crippen LogP contribution in [-0.4, -0.2) is 17.4 Å². The van der Waals surface area contributed by atoms with Gasteiger partial charge in [-0.05, 0) is 42.7 Å². The molecule has 0 saturated carbocycles. The second-order valence-electron chi connectivity index (χ2n) is 5.46. The van der Waals surface area contributed by atoms with Crippen molar-refractivity contribution in [1.82, 2.24) is 15.6 Å². The number of pyridine rings is 1. The minimum atomic E-state index is -0.0288. The number of amides is 1. The number of benzene rings is 1. The maximum atomic E-state index is 12.0. The molecule has 23 heavy (non-hydrogen) atoms. The molecule has 1 aromatic carbocycles. The Labute approximate surface area is 142 Å². The lowest BCUT2D eigenvalue weighted by molar-refractivity contribution is 0.0953. The van der Waals surface area contributed by atoms with E-state index >= 15 is 0 Å². The van der Waals surface area contributed by atoms with Crippen molar-refractivity contribution in [2.24, 2.45) is 0 Å². The van der Waals surface area contributed by atoms with E-state index in [-0.39, 0.29) is 11.9 Å². The molecule has 1 amide bonds. The number of nitrogens with zero attached hydrogens (tertiary/aromatic N) is 1. The molecule has 1 aromatic heterocycles. The maximum absolute atomic E-state index is 12.0. The summed E-state index contributed by atoms with van der Waals surface area (Å²) in [6.45, 7) is 5.44. The van der Waals surface area contributed by atoms with Gasteiger partial charge in [-0.3, -0.25) is 9.78 Å². The summed E-state index contributed by atoms with van der Waals surface area (Å²) in [6, 6.07) is 9.67. The summed E-state index contributed by atoms with van der Waals surface area (Å²) in [5.74, 6) is -0.0288. The molecule has 5 heteroatoms. The minimum Gasteiger partial charge on any atom is -0.352 e. The van der Waals surface area contributed by atoms with Gasteiger partial charge in [-0.2, -0.15) is 0 Å². The second kappa shape index (κ2) is 8.65. The zero-order valence-electron chi connectivity index (χ0n) is 13.5. The highest BCUT2D eigenvalue weighted by Gasteiger charge is 2.10. The lowest BCUT2D eigenvalue weighted by atomic mass is 10.1. The number of rotatable bonds is 7. The Balaban J connectivity index is 1.98. The minimum absolute atomic E-state index is 0.0288. The van der Waals surface area contributed by atoms with Crippen LogP contribution in [0.1, 0.15) is 47.8 Å². The Bertz CT molecular complexity index is 660. The number of nitrogens with one attached hydrogen (secondary N) is 2. The van der Waals surface area contributed by atoms with Crippen molar-refractivity contribution in [3.8, 4) is 0 Å².